The first kappa shape index (κ1) is 20.1. The largest absolute Gasteiger partial charge is 0.384 e. The van der Waals surface area contributed by atoms with Crippen molar-refractivity contribution in [1.29, 1.82) is 0 Å². The molecular weight excluding hydrogens is 398 g/mol. The fraction of sp³-hybridized carbons (Fsp3) is 0.167. The molecule has 11 heteroatoms. The molecule has 10 nitrogen and oxygen atoms in total. The molecular formula is C18H17N5O5S. The molecule has 0 bridgehead atoms. The summed E-state index contributed by atoms with van der Waals surface area (Å²) in [5.41, 5.74) is 6.30. The van der Waals surface area contributed by atoms with Crippen molar-refractivity contribution in [2.75, 3.05) is 5.73 Å². The Hall–Kier alpha value is -3.60. The Morgan fingerprint density at radius 3 is 2.34 bits per heavy atom. The second kappa shape index (κ2) is 7.43. The minimum Gasteiger partial charge on any atom is -0.384 e. The van der Waals surface area contributed by atoms with Gasteiger partial charge in [-0.2, -0.15) is 5.10 Å². The number of nitrogens with two attached hydrogens (primary N) is 1. The van der Waals surface area contributed by atoms with Gasteiger partial charge in [0.25, 0.3) is 5.69 Å². The van der Waals surface area contributed by atoms with Crippen LogP contribution >= 0.6 is 0 Å². The Balaban J connectivity index is 2.33. The quantitative estimate of drug-likeness (QED) is 0.369. The van der Waals surface area contributed by atoms with Crippen LogP contribution in [-0.2, 0) is 9.84 Å². The molecule has 0 saturated carbocycles. The zero-order chi connectivity index (χ0) is 21.3. The van der Waals surface area contributed by atoms with Crippen LogP contribution < -0.4 is 5.73 Å². The van der Waals surface area contributed by atoms with E-state index in [9.17, 15) is 23.4 Å². The Labute approximate surface area is 166 Å². The topological polar surface area (TPSA) is 151 Å². The zero-order valence-electron chi connectivity index (χ0n) is 15.5. The molecule has 29 heavy (non-hydrogen) atoms. The first-order chi connectivity index (χ1) is 13.7. The van der Waals surface area contributed by atoms with Gasteiger partial charge in [-0.25, -0.2) is 13.1 Å². The van der Waals surface area contributed by atoms with Crippen LogP contribution in [0.4, 0.5) is 11.5 Å². The summed E-state index contributed by atoms with van der Waals surface area (Å²) in [7, 11) is -4.35. The summed E-state index contributed by atoms with van der Waals surface area (Å²) in [6.07, 6.45) is -1.50. The molecule has 3 aromatic rings. The van der Waals surface area contributed by atoms with E-state index >= 15 is 0 Å². The Morgan fingerprint density at radius 2 is 1.83 bits per heavy atom. The van der Waals surface area contributed by atoms with E-state index < -0.39 is 31.5 Å². The molecule has 0 amide bonds. The smallest absolute Gasteiger partial charge is 0.288 e. The maximum absolute atomic E-state index is 13.3. The van der Waals surface area contributed by atoms with E-state index in [-0.39, 0.29) is 16.3 Å². The van der Waals surface area contributed by atoms with Gasteiger partial charge in [0.05, 0.1) is 15.5 Å². The maximum Gasteiger partial charge on any atom is 0.288 e. The number of nitrogens with zero attached hydrogens (tertiary/aromatic N) is 4. The molecule has 0 spiro atoms. The predicted molar refractivity (Wildman–Crippen MR) is 105 cm³/mol. The number of aryl methyl sites for hydroxylation is 2. The van der Waals surface area contributed by atoms with Crippen molar-refractivity contribution in [1.82, 2.24) is 9.78 Å². The van der Waals surface area contributed by atoms with Gasteiger partial charge in [-0.1, -0.05) is 29.8 Å². The van der Waals surface area contributed by atoms with Crippen LogP contribution in [-0.4, -0.2) is 23.1 Å². The van der Waals surface area contributed by atoms with Crippen LogP contribution in [0.15, 0.2) is 63.5 Å². The number of nitroso groups, excluding NO2 is 1. The molecule has 1 unspecified atom stereocenters. The summed E-state index contributed by atoms with van der Waals surface area (Å²) in [6, 6.07) is 11.0. The molecule has 0 aliphatic rings. The highest BCUT2D eigenvalue weighted by Gasteiger charge is 2.35. The third-order valence-electron chi connectivity index (χ3n) is 4.32. The predicted octanol–water partition coefficient (Wildman–Crippen LogP) is 3.14. The van der Waals surface area contributed by atoms with Crippen molar-refractivity contribution in [3.63, 3.8) is 0 Å². The van der Waals surface area contributed by atoms with Crippen molar-refractivity contribution in [2.24, 2.45) is 5.18 Å². The molecule has 2 N–H and O–H groups in total. The van der Waals surface area contributed by atoms with Crippen molar-refractivity contribution >= 4 is 21.3 Å². The van der Waals surface area contributed by atoms with Gasteiger partial charge in [0, 0.05) is 17.7 Å². The van der Waals surface area contributed by atoms with E-state index in [1.54, 1.807) is 26.0 Å². The summed E-state index contributed by atoms with van der Waals surface area (Å²) in [5.74, 6) is 0.0669. The number of nitrogen functional groups attached to an aromatic ring is 1. The lowest BCUT2D eigenvalue weighted by Gasteiger charge is -2.16. The third kappa shape index (κ3) is 3.59. The number of sulfone groups is 1. The highest BCUT2D eigenvalue weighted by atomic mass is 32.2. The molecule has 1 atom stereocenters. The van der Waals surface area contributed by atoms with Gasteiger partial charge in [0.1, 0.15) is 5.82 Å². The number of benzene rings is 2. The van der Waals surface area contributed by atoms with Gasteiger partial charge in [-0.05, 0) is 31.2 Å². The summed E-state index contributed by atoms with van der Waals surface area (Å²) in [4.78, 5) is 21.7. The number of nitro benzene ring substituents is 1. The second-order valence-electron chi connectivity index (χ2n) is 6.40. The fourth-order valence-electron chi connectivity index (χ4n) is 2.98. The Morgan fingerprint density at radius 1 is 1.17 bits per heavy atom. The number of aromatic nitrogens is 2. The molecule has 0 saturated heterocycles. The molecule has 0 aliphatic carbocycles. The van der Waals surface area contributed by atoms with Crippen molar-refractivity contribution in [2.45, 2.75) is 29.8 Å². The van der Waals surface area contributed by atoms with Gasteiger partial charge in [-0.15, -0.1) is 4.91 Å². The monoisotopic (exact) mass is 415 g/mol. The highest BCUT2D eigenvalue weighted by Crippen LogP contribution is 2.37. The lowest BCUT2D eigenvalue weighted by atomic mass is 10.1. The minimum absolute atomic E-state index is 0.0669. The molecule has 1 heterocycles. The Bertz CT molecular complexity index is 1200. The van der Waals surface area contributed by atoms with Gasteiger partial charge in [-0.3, -0.25) is 10.1 Å². The van der Waals surface area contributed by atoms with Gasteiger partial charge >= 0.3 is 0 Å². The first-order valence-corrected chi connectivity index (χ1v) is 9.88. The van der Waals surface area contributed by atoms with Gasteiger partial charge < -0.3 is 5.73 Å². The number of nitro groups is 1. The average Bonchev–Trinajstić information content (AvgIpc) is 3.00. The van der Waals surface area contributed by atoms with E-state index in [4.69, 9.17) is 5.73 Å². The van der Waals surface area contributed by atoms with E-state index in [0.717, 1.165) is 16.3 Å². The van der Waals surface area contributed by atoms with Crippen LogP contribution in [0, 0.1) is 28.9 Å². The van der Waals surface area contributed by atoms with Gasteiger partial charge in [0.15, 0.2) is 4.90 Å². The van der Waals surface area contributed by atoms with Crippen LogP contribution in [0.25, 0.3) is 0 Å². The first-order valence-electron chi connectivity index (χ1n) is 8.40. The number of rotatable bonds is 6. The second-order valence-corrected chi connectivity index (χ2v) is 8.29. The standard InChI is InChI=1S/C18H17N5O5S/c1-11-6-8-13(9-7-11)29(27,28)17-14(4-3-5-15(17)23(25)26)18(21-24)22-16(19)10-12(2)20-22/h3-10,18H,19H2,1-2H3. The van der Waals surface area contributed by atoms with Crippen molar-refractivity contribution < 1.29 is 13.3 Å². The van der Waals surface area contributed by atoms with Crippen LogP contribution in [0.5, 0.6) is 0 Å². The maximum atomic E-state index is 13.3. The van der Waals surface area contributed by atoms with E-state index in [0.29, 0.717) is 5.69 Å². The third-order valence-corrected chi connectivity index (χ3v) is 6.19. The Kier molecular flexibility index (Phi) is 5.16. The lowest BCUT2D eigenvalue weighted by molar-refractivity contribution is -0.388. The highest BCUT2D eigenvalue weighted by molar-refractivity contribution is 7.91. The van der Waals surface area contributed by atoms with E-state index in [1.807, 2.05) is 0 Å². The van der Waals surface area contributed by atoms with E-state index in [1.165, 1.54) is 30.3 Å². The minimum atomic E-state index is -4.35. The molecule has 150 valence electrons. The molecule has 0 aliphatic heterocycles. The SMILES string of the molecule is Cc1ccc(S(=O)(=O)c2c(C(N=O)n3nc(C)cc3N)cccc2[N+](=O)[O-])cc1. The van der Waals surface area contributed by atoms with Crippen molar-refractivity contribution in [3.8, 4) is 0 Å². The van der Waals surface area contributed by atoms with Crippen LogP contribution in [0.3, 0.4) is 0 Å². The normalized spacial score (nSPS) is 12.5. The fourth-order valence-corrected chi connectivity index (χ4v) is 4.61. The molecule has 2 aromatic carbocycles. The molecule has 3 rings (SSSR count). The molecule has 0 radical (unpaired) electrons. The summed E-state index contributed by atoms with van der Waals surface area (Å²) in [6.45, 7) is 3.41. The van der Waals surface area contributed by atoms with Gasteiger partial charge in [0.2, 0.25) is 16.0 Å². The summed E-state index contributed by atoms with van der Waals surface area (Å²) >= 11 is 0. The number of hydrogen-bond donors (Lipinski definition) is 1. The van der Waals surface area contributed by atoms with Crippen LogP contribution in [0.1, 0.15) is 23.0 Å². The molecule has 0 fully saturated rings. The number of hydrogen-bond acceptors (Lipinski definition) is 8. The zero-order valence-corrected chi connectivity index (χ0v) is 16.3. The van der Waals surface area contributed by atoms with Crippen LogP contribution in [0.2, 0.25) is 0 Å². The summed E-state index contributed by atoms with van der Waals surface area (Å²) < 4.78 is 27.7. The van der Waals surface area contributed by atoms with Crippen molar-refractivity contribution in [3.05, 3.63) is 80.4 Å². The van der Waals surface area contributed by atoms with E-state index in [2.05, 4.69) is 10.3 Å². The summed E-state index contributed by atoms with van der Waals surface area (Å²) in [5, 5.41) is 18.7. The number of anilines is 1. The average molecular weight is 415 g/mol. The lowest BCUT2D eigenvalue weighted by Crippen LogP contribution is -2.17. The molecule has 1 aromatic heterocycles.